The van der Waals surface area contributed by atoms with E-state index in [1.54, 1.807) is 0 Å². The first kappa shape index (κ1) is 25.8. The minimum Gasteiger partial charge on any atom is -0.369 e. The number of rotatable bonds is 8. The van der Waals surface area contributed by atoms with Gasteiger partial charge in [0.1, 0.15) is 0 Å². The van der Waals surface area contributed by atoms with Gasteiger partial charge in [-0.2, -0.15) is 8.42 Å². The van der Waals surface area contributed by atoms with Gasteiger partial charge in [0.25, 0.3) is 10.1 Å². The zero-order chi connectivity index (χ0) is 26.0. The fraction of sp³-hybridized carbons (Fsp3) is 0.400. The van der Waals surface area contributed by atoms with Crippen molar-refractivity contribution in [3.8, 4) is 0 Å². The predicted octanol–water partition coefficient (Wildman–Crippen LogP) is 5.10. The van der Waals surface area contributed by atoms with Gasteiger partial charge in [-0.15, -0.1) is 0 Å². The highest BCUT2D eigenvalue weighted by Crippen LogP contribution is 2.49. The van der Waals surface area contributed by atoms with E-state index in [1.807, 2.05) is 0 Å². The number of unbranched alkanes of at least 4 members (excludes halogenated alkanes) is 1. The summed E-state index contributed by atoms with van der Waals surface area (Å²) in [7, 11) is -3.94. The van der Waals surface area contributed by atoms with Crippen LogP contribution in [0.5, 0.6) is 0 Å². The van der Waals surface area contributed by atoms with E-state index in [0.29, 0.717) is 12.8 Å². The molecule has 6 nitrogen and oxygen atoms in total. The largest absolute Gasteiger partial charge is 0.369 e. The lowest BCUT2D eigenvalue weighted by molar-refractivity contribution is 0.469. The van der Waals surface area contributed by atoms with Gasteiger partial charge in [-0.25, -0.2) is 0 Å². The Kier molecular flexibility index (Phi) is 7.30. The molecule has 1 fully saturated rings. The second-order valence-electron chi connectivity index (χ2n) is 10.7. The molecule has 0 radical (unpaired) electrons. The van der Waals surface area contributed by atoms with Gasteiger partial charge in [-0.3, -0.25) is 4.55 Å². The Morgan fingerprint density at radius 2 is 1.73 bits per heavy atom. The molecule has 1 atom stereocenters. The van der Waals surface area contributed by atoms with Crippen LogP contribution in [-0.4, -0.2) is 57.5 Å². The van der Waals surface area contributed by atoms with E-state index in [-0.39, 0.29) is 17.2 Å². The van der Waals surface area contributed by atoms with Gasteiger partial charge in [-0.1, -0.05) is 68.5 Å². The first-order valence-corrected chi connectivity index (χ1v) is 14.8. The first-order chi connectivity index (χ1) is 17.7. The van der Waals surface area contributed by atoms with Crippen molar-refractivity contribution in [2.75, 3.05) is 48.3 Å². The third-order valence-electron chi connectivity index (χ3n) is 7.83. The summed E-state index contributed by atoms with van der Waals surface area (Å²) in [6.45, 7) is 9.44. The van der Waals surface area contributed by atoms with Crippen molar-refractivity contribution >= 4 is 38.3 Å². The van der Waals surface area contributed by atoms with Crippen LogP contribution in [0.25, 0.3) is 16.8 Å². The SMILES string of the molecule is CC1(C)c2c(ccc3ccccc23)N(CCCCS(=O)(=O)O)C1/C=C/c1ccc(N2CCNCC2)cc1. The lowest BCUT2D eigenvalue weighted by Crippen LogP contribution is -2.43. The zero-order valence-electron chi connectivity index (χ0n) is 21.7. The van der Waals surface area contributed by atoms with E-state index in [0.717, 1.165) is 32.7 Å². The molecule has 0 amide bonds. The van der Waals surface area contributed by atoms with Crippen LogP contribution in [0.1, 0.15) is 37.8 Å². The van der Waals surface area contributed by atoms with Gasteiger partial charge in [0.15, 0.2) is 0 Å². The topological polar surface area (TPSA) is 72.9 Å². The fourth-order valence-electron chi connectivity index (χ4n) is 5.96. The van der Waals surface area contributed by atoms with E-state index in [2.05, 4.69) is 102 Å². The second-order valence-corrected chi connectivity index (χ2v) is 12.3. The molecule has 1 unspecified atom stereocenters. The van der Waals surface area contributed by atoms with E-state index in [4.69, 9.17) is 0 Å². The molecule has 3 aromatic rings. The van der Waals surface area contributed by atoms with Crippen molar-refractivity contribution in [1.29, 1.82) is 0 Å². The molecule has 0 bridgehead atoms. The number of hydrogen-bond acceptors (Lipinski definition) is 5. The summed E-state index contributed by atoms with van der Waals surface area (Å²) in [5.74, 6) is -0.200. The normalized spacial score (nSPS) is 19.6. The van der Waals surface area contributed by atoms with Crippen molar-refractivity contribution in [2.24, 2.45) is 0 Å². The second kappa shape index (κ2) is 10.5. The first-order valence-electron chi connectivity index (χ1n) is 13.2. The maximum atomic E-state index is 11.2. The van der Waals surface area contributed by atoms with Crippen molar-refractivity contribution in [1.82, 2.24) is 5.32 Å². The van der Waals surface area contributed by atoms with Crippen LogP contribution in [0, 0.1) is 0 Å². The third kappa shape index (κ3) is 5.54. The molecule has 0 spiro atoms. The number of fused-ring (bicyclic) bond motifs is 3. The van der Waals surface area contributed by atoms with E-state index in [9.17, 15) is 13.0 Å². The van der Waals surface area contributed by atoms with E-state index >= 15 is 0 Å². The number of anilines is 2. The van der Waals surface area contributed by atoms with Crippen LogP contribution in [0.4, 0.5) is 11.4 Å². The molecular weight excluding hydrogens is 482 g/mol. The number of nitrogens with one attached hydrogen (secondary N) is 1. The Balaban J connectivity index is 1.43. The van der Waals surface area contributed by atoms with Gasteiger partial charge in [-0.05, 0) is 52.9 Å². The third-order valence-corrected chi connectivity index (χ3v) is 8.64. The molecule has 0 aliphatic carbocycles. The molecule has 3 aromatic carbocycles. The maximum absolute atomic E-state index is 11.2. The average molecular weight is 520 g/mol. The van der Waals surface area contributed by atoms with Crippen LogP contribution < -0.4 is 15.1 Å². The molecule has 7 heteroatoms. The van der Waals surface area contributed by atoms with Gasteiger partial charge in [0.05, 0.1) is 11.8 Å². The quantitative estimate of drug-likeness (QED) is 0.319. The summed E-state index contributed by atoms with van der Waals surface area (Å²) in [5, 5.41) is 5.90. The molecule has 0 aromatic heterocycles. The Morgan fingerprint density at radius 1 is 1.00 bits per heavy atom. The van der Waals surface area contributed by atoms with Crippen LogP contribution in [-0.2, 0) is 15.5 Å². The lowest BCUT2D eigenvalue weighted by atomic mass is 9.78. The number of hydrogen-bond donors (Lipinski definition) is 2. The van der Waals surface area contributed by atoms with Crippen LogP contribution in [0.15, 0.2) is 66.7 Å². The van der Waals surface area contributed by atoms with Crippen LogP contribution in [0.2, 0.25) is 0 Å². The van der Waals surface area contributed by atoms with E-state index < -0.39 is 10.1 Å². The molecule has 2 N–H and O–H groups in total. The summed E-state index contributed by atoms with van der Waals surface area (Å²) in [5.41, 5.74) is 4.83. The maximum Gasteiger partial charge on any atom is 0.264 e. The highest BCUT2D eigenvalue weighted by Gasteiger charge is 2.43. The summed E-state index contributed by atoms with van der Waals surface area (Å²) in [6.07, 6.45) is 5.64. The molecule has 2 aliphatic heterocycles. The van der Waals surface area contributed by atoms with Crippen LogP contribution in [0.3, 0.4) is 0 Å². The number of piperazine rings is 1. The Labute approximate surface area is 220 Å². The van der Waals surface area contributed by atoms with Crippen molar-refractivity contribution in [3.63, 3.8) is 0 Å². The molecule has 2 heterocycles. The van der Waals surface area contributed by atoms with Gasteiger partial charge >= 0.3 is 0 Å². The average Bonchev–Trinajstić information content (AvgIpc) is 3.11. The molecule has 1 saturated heterocycles. The van der Waals surface area contributed by atoms with Gasteiger partial charge in [0.2, 0.25) is 0 Å². The van der Waals surface area contributed by atoms with Crippen molar-refractivity contribution < 1.29 is 13.0 Å². The fourth-order valence-corrected chi connectivity index (χ4v) is 6.52. The number of nitrogens with zero attached hydrogens (tertiary/aromatic N) is 2. The highest BCUT2D eigenvalue weighted by atomic mass is 32.2. The highest BCUT2D eigenvalue weighted by molar-refractivity contribution is 7.85. The van der Waals surface area contributed by atoms with Crippen molar-refractivity contribution in [3.05, 3.63) is 77.9 Å². The zero-order valence-corrected chi connectivity index (χ0v) is 22.5. The summed E-state index contributed by atoms with van der Waals surface area (Å²) >= 11 is 0. The van der Waals surface area contributed by atoms with E-state index in [1.165, 1.54) is 33.3 Å². The monoisotopic (exact) mass is 519 g/mol. The summed E-state index contributed by atoms with van der Waals surface area (Å²) in [6, 6.07) is 21.8. The Morgan fingerprint density at radius 3 is 2.46 bits per heavy atom. The van der Waals surface area contributed by atoms with Gasteiger partial charge in [0, 0.05) is 49.5 Å². The van der Waals surface area contributed by atoms with Crippen molar-refractivity contribution in [2.45, 2.75) is 38.1 Å². The molecule has 196 valence electrons. The molecule has 37 heavy (non-hydrogen) atoms. The molecule has 2 aliphatic rings. The van der Waals surface area contributed by atoms with Crippen LogP contribution >= 0.6 is 0 Å². The Hall–Kier alpha value is -2.87. The lowest BCUT2D eigenvalue weighted by Gasteiger charge is -2.32. The molecule has 0 saturated carbocycles. The smallest absolute Gasteiger partial charge is 0.264 e. The molecular formula is C30H37N3O3S. The van der Waals surface area contributed by atoms with Gasteiger partial charge < -0.3 is 15.1 Å². The standard InChI is InChI=1S/C30H37N3O3S/c1-30(2)28(16-11-23-9-13-25(14-10-23)32-20-17-31-18-21-32)33(19-5-6-22-37(34,35)36)27-15-12-24-7-3-4-8-26(24)29(27)30/h3-4,7-16,28,31H,5-6,17-22H2,1-2H3,(H,34,35,36)/b16-11+. The predicted molar refractivity (Wildman–Crippen MR) is 154 cm³/mol. The summed E-state index contributed by atoms with van der Waals surface area (Å²) < 4.78 is 31.7. The summed E-state index contributed by atoms with van der Waals surface area (Å²) in [4.78, 5) is 4.83. The minimum absolute atomic E-state index is 0.117. The Bertz CT molecular complexity index is 1380. The number of benzene rings is 3. The molecule has 5 rings (SSSR count). The minimum atomic E-state index is -3.94.